The van der Waals surface area contributed by atoms with Crippen LogP contribution in [0.2, 0.25) is 5.02 Å². The number of amides is 1. The second-order valence-corrected chi connectivity index (χ2v) is 6.86. The van der Waals surface area contributed by atoms with Gasteiger partial charge in [-0.1, -0.05) is 35.9 Å². The van der Waals surface area contributed by atoms with E-state index in [0.29, 0.717) is 15.6 Å². The number of rotatable bonds is 3. The molecule has 0 aliphatic rings. The molecule has 0 spiro atoms. The number of thiophene rings is 1. The van der Waals surface area contributed by atoms with Crippen LogP contribution in [0.25, 0.3) is 10.1 Å². The Morgan fingerprint density at radius 2 is 2.04 bits per heavy atom. The van der Waals surface area contributed by atoms with Crippen LogP contribution in [0.3, 0.4) is 0 Å². The quantitative estimate of drug-likeness (QED) is 0.525. The lowest BCUT2D eigenvalue weighted by Crippen LogP contribution is -2.18. The van der Waals surface area contributed by atoms with E-state index in [1.54, 1.807) is 31.2 Å². The predicted octanol–water partition coefficient (Wildman–Crippen LogP) is 4.72. The fourth-order valence-electron chi connectivity index (χ4n) is 2.30. The van der Waals surface area contributed by atoms with Gasteiger partial charge in [-0.05, 0) is 37.6 Å². The topological polar surface area (TPSA) is 61.7 Å². The number of carbonyl (C=O) groups is 1. The van der Waals surface area contributed by atoms with E-state index in [9.17, 15) is 9.90 Å². The summed E-state index contributed by atoms with van der Waals surface area (Å²) in [4.78, 5) is 12.8. The molecule has 0 saturated heterocycles. The summed E-state index contributed by atoms with van der Waals surface area (Å²) >= 11 is 7.67. The standard InChI is InChI=1S/C18H15ClN2O2S/c1-10-6-7-14-15(8-10)24-17(16(14)19)18(23)21-20-11(2)12-4-3-5-13(22)9-12/h3-9,22H,1-2H3,(H,21,23)/b20-11+. The molecule has 1 amide bonds. The van der Waals surface area contributed by atoms with Crippen molar-refractivity contribution in [1.29, 1.82) is 0 Å². The zero-order valence-corrected chi connectivity index (χ0v) is 14.7. The molecule has 0 radical (unpaired) electrons. The Balaban J connectivity index is 1.85. The van der Waals surface area contributed by atoms with Gasteiger partial charge >= 0.3 is 0 Å². The van der Waals surface area contributed by atoms with Gasteiger partial charge in [-0.2, -0.15) is 5.10 Å². The molecule has 3 aromatic rings. The number of hydrogen-bond donors (Lipinski definition) is 2. The van der Waals surface area contributed by atoms with Crippen LogP contribution in [0.1, 0.15) is 27.7 Å². The molecule has 6 heteroatoms. The van der Waals surface area contributed by atoms with Crippen LogP contribution in [-0.2, 0) is 0 Å². The van der Waals surface area contributed by atoms with E-state index in [4.69, 9.17) is 11.6 Å². The Morgan fingerprint density at radius 3 is 2.79 bits per heavy atom. The Bertz CT molecular complexity index is 963. The number of benzene rings is 2. The molecule has 3 rings (SSSR count). The highest BCUT2D eigenvalue weighted by molar-refractivity contribution is 7.21. The minimum atomic E-state index is -0.349. The summed E-state index contributed by atoms with van der Waals surface area (Å²) in [5.74, 6) is -0.199. The van der Waals surface area contributed by atoms with Gasteiger partial charge in [0.2, 0.25) is 0 Å². The highest BCUT2D eigenvalue weighted by Crippen LogP contribution is 2.35. The summed E-state index contributed by atoms with van der Waals surface area (Å²) in [6, 6.07) is 12.6. The Kier molecular flexibility index (Phi) is 4.55. The molecule has 1 aromatic heterocycles. The first-order valence-electron chi connectivity index (χ1n) is 7.28. The third-order valence-corrected chi connectivity index (χ3v) is 5.24. The monoisotopic (exact) mass is 358 g/mol. The Labute approximate surface area is 148 Å². The van der Waals surface area contributed by atoms with Gasteiger partial charge in [0.05, 0.1) is 10.7 Å². The van der Waals surface area contributed by atoms with E-state index in [2.05, 4.69) is 10.5 Å². The lowest BCUT2D eigenvalue weighted by atomic mass is 10.1. The molecule has 122 valence electrons. The highest BCUT2D eigenvalue weighted by Gasteiger charge is 2.17. The lowest BCUT2D eigenvalue weighted by molar-refractivity contribution is 0.0959. The normalized spacial score (nSPS) is 11.7. The van der Waals surface area contributed by atoms with E-state index in [1.807, 2.05) is 25.1 Å². The predicted molar refractivity (Wildman–Crippen MR) is 99.4 cm³/mol. The molecule has 2 aromatic carbocycles. The van der Waals surface area contributed by atoms with Gasteiger partial charge in [-0.15, -0.1) is 11.3 Å². The van der Waals surface area contributed by atoms with E-state index >= 15 is 0 Å². The van der Waals surface area contributed by atoms with Gasteiger partial charge in [-0.3, -0.25) is 4.79 Å². The molecule has 0 saturated carbocycles. The minimum Gasteiger partial charge on any atom is -0.508 e. The van der Waals surface area contributed by atoms with Crippen LogP contribution in [-0.4, -0.2) is 16.7 Å². The number of phenols is 1. The number of aromatic hydroxyl groups is 1. The number of nitrogens with one attached hydrogen (secondary N) is 1. The molecule has 0 aliphatic heterocycles. The minimum absolute atomic E-state index is 0.149. The van der Waals surface area contributed by atoms with Gasteiger partial charge in [0.25, 0.3) is 5.91 Å². The maximum Gasteiger partial charge on any atom is 0.283 e. The average molecular weight is 359 g/mol. The van der Waals surface area contributed by atoms with Crippen molar-refractivity contribution in [3.63, 3.8) is 0 Å². The third-order valence-electron chi connectivity index (χ3n) is 3.58. The molecule has 24 heavy (non-hydrogen) atoms. The first-order chi connectivity index (χ1) is 11.5. The molecule has 0 fully saturated rings. The molecule has 0 aliphatic carbocycles. The maximum atomic E-state index is 12.4. The number of hydrazone groups is 1. The van der Waals surface area contributed by atoms with Crippen molar-refractivity contribution < 1.29 is 9.90 Å². The van der Waals surface area contributed by atoms with Gasteiger partial charge in [0.15, 0.2) is 0 Å². The molecular weight excluding hydrogens is 344 g/mol. The molecule has 1 heterocycles. The number of phenolic OH excluding ortho intramolecular Hbond substituents is 1. The van der Waals surface area contributed by atoms with Crippen molar-refractivity contribution in [2.24, 2.45) is 5.10 Å². The summed E-state index contributed by atoms with van der Waals surface area (Å²) in [7, 11) is 0. The van der Waals surface area contributed by atoms with Crippen LogP contribution >= 0.6 is 22.9 Å². The molecular formula is C18H15ClN2O2S. The highest BCUT2D eigenvalue weighted by atomic mass is 35.5. The molecule has 2 N–H and O–H groups in total. The summed E-state index contributed by atoms with van der Waals surface area (Å²) in [6.45, 7) is 3.75. The zero-order valence-electron chi connectivity index (χ0n) is 13.1. The largest absolute Gasteiger partial charge is 0.508 e. The second kappa shape index (κ2) is 6.63. The van der Waals surface area contributed by atoms with E-state index in [1.165, 1.54) is 11.3 Å². The summed E-state index contributed by atoms with van der Waals surface area (Å²) in [5, 5.41) is 14.9. The fraction of sp³-hybridized carbons (Fsp3) is 0.111. The second-order valence-electron chi connectivity index (χ2n) is 5.43. The van der Waals surface area contributed by atoms with Crippen LogP contribution in [0.4, 0.5) is 0 Å². The number of carbonyl (C=O) groups excluding carboxylic acids is 1. The Hall–Kier alpha value is -2.37. The van der Waals surface area contributed by atoms with Crippen molar-refractivity contribution in [1.82, 2.24) is 5.43 Å². The number of hydrogen-bond acceptors (Lipinski definition) is 4. The molecule has 0 unspecified atom stereocenters. The van der Waals surface area contributed by atoms with Crippen molar-refractivity contribution in [3.05, 3.63) is 63.5 Å². The summed E-state index contributed by atoms with van der Waals surface area (Å²) in [6.07, 6.45) is 0. The van der Waals surface area contributed by atoms with Gasteiger partial charge in [-0.25, -0.2) is 5.43 Å². The van der Waals surface area contributed by atoms with Gasteiger partial charge in [0.1, 0.15) is 10.6 Å². The number of nitrogens with zero attached hydrogens (tertiary/aromatic N) is 1. The first-order valence-corrected chi connectivity index (χ1v) is 8.48. The third kappa shape index (κ3) is 3.27. The van der Waals surface area contributed by atoms with Crippen molar-refractivity contribution in [3.8, 4) is 5.75 Å². The SMILES string of the molecule is C/C(=N\NC(=O)c1sc2cc(C)ccc2c1Cl)c1cccc(O)c1. The van der Waals surface area contributed by atoms with E-state index in [0.717, 1.165) is 21.2 Å². The van der Waals surface area contributed by atoms with Crippen LogP contribution in [0.5, 0.6) is 5.75 Å². The fourth-order valence-corrected chi connectivity index (χ4v) is 3.80. The lowest BCUT2D eigenvalue weighted by Gasteiger charge is -2.03. The van der Waals surface area contributed by atoms with E-state index in [-0.39, 0.29) is 11.7 Å². The van der Waals surface area contributed by atoms with Crippen molar-refractivity contribution in [2.75, 3.05) is 0 Å². The molecule has 0 bridgehead atoms. The summed E-state index contributed by atoms with van der Waals surface area (Å²) in [5.41, 5.74) is 4.96. The van der Waals surface area contributed by atoms with Crippen molar-refractivity contribution in [2.45, 2.75) is 13.8 Å². The maximum absolute atomic E-state index is 12.4. The van der Waals surface area contributed by atoms with Crippen molar-refractivity contribution >= 4 is 44.6 Å². The van der Waals surface area contributed by atoms with Crippen LogP contribution in [0.15, 0.2) is 47.6 Å². The smallest absolute Gasteiger partial charge is 0.283 e. The molecule has 0 atom stereocenters. The number of aryl methyl sites for hydroxylation is 1. The zero-order chi connectivity index (χ0) is 17.3. The Morgan fingerprint density at radius 1 is 1.25 bits per heavy atom. The van der Waals surface area contributed by atoms with E-state index < -0.39 is 0 Å². The summed E-state index contributed by atoms with van der Waals surface area (Å²) < 4.78 is 0.971. The molecule has 4 nitrogen and oxygen atoms in total. The first kappa shape index (κ1) is 16.5. The van der Waals surface area contributed by atoms with Gasteiger partial charge in [0, 0.05) is 15.6 Å². The number of fused-ring (bicyclic) bond motifs is 1. The number of halogens is 1. The van der Waals surface area contributed by atoms with Gasteiger partial charge < -0.3 is 5.11 Å². The van der Waals surface area contributed by atoms with Crippen LogP contribution < -0.4 is 5.43 Å². The average Bonchev–Trinajstić information content (AvgIpc) is 2.88. The van der Waals surface area contributed by atoms with Crippen LogP contribution in [0, 0.1) is 6.92 Å².